The van der Waals surface area contributed by atoms with Crippen LogP contribution in [-0.2, 0) is 22.5 Å². The zero-order valence-electron chi connectivity index (χ0n) is 8.30. The van der Waals surface area contributed by atoms with Crippen LogP contribution in [0.3, 0.4) is 0 Å². The Morgan fingerprint density at radius 2 is 1.75 bits per heavy atom. The third-order valence-corrected chi connectivity index (χ3v) is 6.10. The van der Waals surface area contributed by atoms with Gasteiger partial charge in [-0.3, -0.25) is 0 Å². The van der Waals surface area contributed by atoms with Crippen LogP contribution in [0.4, 0.5) is 0 Å². The molecule has 1 rings (SSSR count). The SMILES string of the molecule is [CH3][Zn][CH2]C(C)(C)c1ccccc1. The second kappa shape index (κ2) is 4.19. The summed E-state index contributed by atoms with van der Waals surface area (Å²) in [6.45, 7) is 4.72. The van der Waals surface area contributed by atoms with Crippen molar-refractivity contribution < 1.29 is 17.1 Å². The molecule has 0 amide bonds. The third kappa shape index (κ3) is 2.42. The molecule has 0 N–H and O–H groups in total. The molecule has 0 aliphatic carbocycles. The molecule has 0 aliphatic heterocycles. The van der Waals surface area contributed by atoms with E-state index in [1.807, 2.05) is 0 Å². The Hall–Kier alpha value is -0.157. The summed E-state index contributed by atoms with van der Waals surface area (Å²) >= 11 is -0.214. The van der Waals surface area contributed by atoms with Crippen LogP contribution in [0, 0.1) is 0 Å². The molecular weight excluding hydrogens is 198 g/mol. The third-order valence-electron chi connectivity index (χ3n) is 2.43. The maximum atomic E-state index is 2.43. The molecule has 0 heterocycles. The van der Waals surface area contributed by atoms with E-state index >= 15 is 0 Å². The van der Waals surface area contributed by atoms with Crippen LogP contribution < -0.4 is 0 Å². The van der Waals surface area contributed by atoms with Crippen molar-refractivity contribution in [2.24, 2.45) is 0 Å². The monoisotopic (exact) mass is 212 g/mol. The first-order chi connectivity index (χ1) is 5.67. The first kappa shape index (κ1) is 9.93. The van der Waals surface area contributed by atoms with Crippen molar-refractivity contribution in [3.8, 4) is 0 Å². The van der Waals surface area contributed by atoms with Gasteiger partial charge in [0.15, 0.2) is 0 Å². The molecule has 1 aromatic rings. The van der Waals surface area contributed by atoms with Crippen molar-refractivity contribution in [1.82, 2.24) is 0 Å². The molecule has 0 bridgehead atoms. The Morgan fingerprint density at radius 1 is 1.17 bits per heavy atom. The molecule has 62 valence electrons. The number of hydrogen-bond acceptors (Lipinski definition) is 0. The maximum absolute atomic E-state index is 2.43. The van der Waals surface area contributed by atoms with Crippen molar-refractivity contribution in [2.45, 2.75) is 29.8 Å². The fourth-order valence-corrected chi connectivity index (χ4v) is 4.89. The molecule has 0 nitrogen and oxygen atoms in total. The normalized spacial score (nSPS) is 10.9. The van der Waals surface area contributed by atoms with Gasteiger partial charge in [-0.25, -0.2) is 0 Å². The Bertz CT molecular complexity index is 226. The van der Waals surface area contributed by atoms with Gasteiger partial charge in [-0.1, -0.05) is 0 Å². The molecule has 0 aliphatic rings. The van der Waals surface area contributed by atoms with Gasteiger partial charge in [0, 0.05) is 0 Å². The summed E-state index contributed by atoms with van der Waals surface area (Å²) in [5, 5.41) is 1.45. The van der Waals surface area contributed by atoms with Crippen LogP contribution in [0.2, 0.25) is 10.5 Å². The second-order valence-corrected chi connectivity index (χ2v) is 7.15. The zero-order valence-corrected chi connectivity index (χ0v) is 11.3. The van der Waals surface area contributed by atoms with Crippen LogP contribution in [0.5, 0.6) is 0 Å². The average molecular weight is 214 g/mol. The van der Waals surface area contributed by atoms with Crippen molar-refractivity contribution >= 4 is 0 Å². The van der Waals surface area contributed by atoms with Gasteiger partial charge >= 0.3 is 82.8 Å². The molecule has 0 spiro atoms. The summed E-state index contributed by atoms with van der Waals surface area (Å²) in [5.41, 5.74) is 4.35. The number of hydrogen-bond donors (Lipinski definition) is 0. The zero-order chi connectivity index (χ0) is 9.03. The van der Waals surface area contributed by atoms with E-state index in [2.05, 4.69) is 49.7 Å². The average Bonchev–Trinajstić information content (AvgIpc) is 2.06. The predicted molar refractivity (Wildman–Crippen MR) is 50.1 cm³/mol. The Morgan fingerprint density at radius 3 is 2.25 bits per heavy atom. The molecule has 0 radical (unpaired) electrons. The Balaban J connectivity index is 2.82. The molecule has 12 heavy (non-hydrogen) atoms. The van der Waals surface area contributed by atoms with Crippen molar-refractivity contribution in [3.63, 3.8) is 0 Å². The standard InChI is InChI=1S/C10H13.CH3.Zn/c1-10(2,3)9-7-5-4-6-8-9;;/h4-8H,1H2,2-3H3;1H3;. The summed E-state index contributed by atoms with van der Waals surface area (Å²) in [7, 11) is 0. The molecule has 0 saturated carbocycles. The minimum atomic E-state index is -0.214. The van der Waals surface area contributed by atoms with Crippen LogP contribution >= 0.6 is 0 Å². The van der Waals surface area contributed by atoms with Crippen molar-refractivity contribution in [3.05, 3.63) is 35.9 Å². The summed E-state index contributed by atoms with van der Waals surface area (Å²) in [6.07, 6.45) is 0. The number of rotatable bonds is 3. The summed E-state index contributed by atoms with van der Waals surface area (Å²) in [6, 6.07) is 10.9. The first-order valence-electron chi connectivity index (χ1n) is 4.72. The van der Waals surface area contributed by atoms with Crippen molar-refractivity contribution in [2.75, 3.05) is 0 Å². The van der Waals surface area contributed by atoms with Crippen LogP contribution in [0.15, 0.2) is 30.3 Å². The van der Waals surface area contributed by atoms with Crippen LogP contribution in [-0.4, -0.2) is 0 Å². The van der Waals surface area contributed by atoms with E-state index in [9.17, 15) is 0 Å². The summed E-state index contributed by atoms with van der Waals surface area (Å²) in [4.78, 5) is 0. The fraction of sp³-hybridized carbons (Fsp3) is 0.455. The van der Waals surface area contributed by atoms with Crippen molar-refractivity contribution in [1.29, 1.82) is 0 Å². The molecular formula is C11H16Zn. The topological polar surface area (TPSA) is 0 Å². The number of benzene rings is 1. The molecule has 1 aromatic carbocycles. The van der Waals surface area contributed by atoms with Gasteiger partial charge in [-0.2, -0.15) is 0 Å². The molecule has 0 unspecified atom stereocenters. The van der Waals surface area contributed by atoms with Gasteiger partial charge in [-0.15, -0.1) is 0 Å². The van der Waals surface area contributed by atoms with E-state index in [0.29, 0.717) is 5.41 Å². The molecule has 0 fully saturated rings. The fourth-order valence-electron chi connectivity index (χ4n) is 1.66. The van der Waals surface area contributed by atoms with Gasteiger partial charge < -0.3 is 0 Å². The van der Waals surface area contributed by atoms with E-state index in [1.165, 1.54) is 10.6 Å². The van der Waals surface area contributed by atoms with E-state index in [-0.39, 0.29) is 17.1 Å². The van der Waals surface area contributed by atoms with E-state index in [1.54, 1.807) is 0 Å². The molecule has 0 atom stereocenters. The molecule has 0 saturated heterocycles. The van der Waals surface area contributed by atoms with Gasteiger partial charge in [0.25, 0.3) is 0 Å². The van der Waals surface area contributed by atoms with E-state index in [4.69, 9.17) is 0 Å². The second-order valence-electron chi connectivity index (χ2n) is 4.00. The van der Waals surface area contributed by atoms with Gasteiger partial charge in [-0.05, 0) is 0 Å². The van der Waals surface area contributed by atoms with Gasteiger partial charge in [0.1, 0.15) is 0 Å². The predicted octanol–water partition coefficient (Wildman–Crippen LogP) is 3.51. The molecule has 0 aromatic heterocycles. The molecule has 1 heteroatoms. The quantitative estimate of drug-likeness (QED) is 0.674. The van der Waals surface area contributed by atoms with Crippen LogP contribution in [0.1, 0.15) is 19.4 Å². The van der Waals surface area contributed by atoms with E-state index < -0.39 is 0 Å². The Kier molecular flexibility index (Phi) is 3.46. The van der Waals surface area contributed by atoms with Crippen LogP contribution in [0.25, 0.3) is 0 Å². The van der Waals surface area contributed by atoms with Gasteiger partial charge in [0.05, 0.1) is 0 Å². The van der Waals surface area contributed by atoms with Gasteiger partial charge in [0.2, 0.25) is 0 Å². The summed E-state index contributed by atoms with van der Waals surface area (Å²) in [5.74, 6) is 0. The van der Waals surface area contributed by atoms with E-state index in [0.717, 1.165) is 0 Å². The Labute approximate surface area is 83.0 Å². The first-order valence-corrected chi connectivity index (χ1v) is 9.79. The summed E-state index contributed by atoms with van der Waals surface area (Å²) < 4.78 is 0. The minimum absolute atomic E-state index is 0.214.